The smallest absolute Gasteiger partial charge is 0.150 e. The highest BCUT2D eigenvalue weighted by Crippen LogP contribution is 2.45. The molecule has 6 rings (SSSR count). The van der Waals surface area contributed by atoms with Crippen molar-refractivity contribution >= 4 is 12.6 Å². The maximum Gasteiger partial charge on any atom is 0.150 e. The summed E-state index contributed by atoms with van der Waals surface area (Å²) in [4.78, 5) is 22.0. The molecule has 0 amide bonds. The van der Waals surface area contributed by atoms with Crippen LogP contribution < -0.4 is 9.47 Å². The van der Waals surface area contributed by atoms with Gasteiger partial charge in [-0.05, 0) is 154 Å². The fourth-order valence-electron chi connectivity index (χ4n) is 9.44. The third-order valence-corrected chi connectivity index (χ3v) is 14.4. The van der Waals surface area contributed by atoms with E-state index >= 15 is 0 Å². The molecular formula is C60H72O6. The quantitative estimate of drug-likeness (QED) is 0.0699. The summed E-state index contributed by atoms with van der Waals surface area (Å²) in [5, 5.41) is 19.7. The lowest BCUT2D eigenvalue weighted by atomic mass is 9.66. The van der Waals surface area contributed by atoms with Crippen LogP contribution in [0.1, 0.15) is 153 Å². The van der Waals surface area contributed by atoms with Gasteiger partial charge in [0.15, 0.2) is 0 Å². The normalized spacial score (nSPS) is 14.2. The third kappa shape index (κ3) is 13.5. The van der Waals surface area contributed by atoms with Gasteiger partial charge in [-0.15, -0.1) is 0 Å². The van der Waals surface area contributed by atoms with Crippen molar-refractivity contribution in [1.29, 1.82) is 0 Å². The van der Waals surface area contributed by atoms with E-state index in [1.54, 1.807) is 38.5 Å². The molecule has 0 fully saturated rings. The van der Waals surface area contributed by atoms with Crippen molar-refractivity contribution in [3.05, 3.63) is 190 Å². The van der Waals surface area contributed by atoms with E-state index in [0.717, 1.165) is 69.0 Å². The van der Waals surface area contributed by atoms with Gasteiger partial charge in [0.25, 0.3) is 0 Å². The van der Waals surface area contributed by atoms with Crippen LogP contribution in [0.15, 0.2) is 146 Å². The van der Waals surface area contributed by atoms with Gasteiger partial charge in [-0.3, -0.25) is 9.59 Å². The Morgan fingerprint density at radius 3 is 1.45 bits per heavy atom. The van der Waals surface area contributed by atoms with Gasteiger partial charge in [0, 0.05) is 11.1 Å². The van der Waals surface area contributed by atoms with Crippen LogP contribution in [-0.4, -0.2) is 37.0 Å². The van der Waals surface area contributed by atoms with Crippen LogP contribution in [-0.2, 0) is 22.7 Å². The molecule has 66 heavy (non-hydrogen) atoms. The summed E-state index contributed by atoms with van der Waals surface area (Å²) in [6.07, 6.45) is 8.89. The second kappa shape index (κ2) is 23.4. The zero-order valence-corrected chi connectivity index (χ0v) is 40.7. The van der Waals surface area contributed by atoms with E-state index in [9.17, 15) is 19.8 Å². The van der Waals surface area contributed by atoms with Gasteiger partial charge in [-0.2, -0.15) is 0 Å². The summed E-state index contributed by atoms with van der Waals surface area (Å²) < 4.78 is 10.7. The van der Waals surface area contributed by atoms with E-state index in [1.165, 1.54) is 33.4 Å². The fraction of sp³-hybridized carbons (Fsp3) is 0.367. The van der Waals surface area contributed by atoms with Gasteiger partial charge >= 0.3 is 0 Å². The number of hydrogen-bond acceptors (Lipinski definition) is 6. The van der Waals surface area contributed by atoms with Crippen molar-refractivity contribution in [1.82, 2.24) is 0 Å². The van der Waals surface area contributed by atoms with E-state index in [4.69, 9.17) is 9.47 Å². The lowest BCUT2D eigenvalue weighted by molar-refractivity contribution is 0.111. The van der Waals surface area contributed by atoms with Crippen molar-refractivity contribution in [2.45, 2.75) is 121 Å². The molecular weight excluding hydrogens is 817 g/mol. The maximum atomic E-state index is 11.0. The molecule has 2 N–H and O–H groups in total. The number of carbonyl (C=O) groups is 2. The minimum Gasteiger partial charge on any atom is -0.508 e. The van der Waals surface area contributed by atoms with Crippen LogP contribution >= 0.6 is 0 Å². The van der Waals surface area contributed by atoms with Gasteiger partial charge in [0.05, 0.1) is 14.2 Å². The number of ether oxygens (including phenoxy) is 2. The molecule has 0 aliphatic carbocycles. The molecule has 6 aromatic rings. The molecule has 4 atom stereocenters. The van der Waals surface area contributed by atoms with Gasteiger partial charge in [-0.1, -0.05) is 152 Å². The van der Waals surface area contributed by atoms with E-state index in [-0.39, 0.29) is 22.0 Å². The summed E-state index contributed by atoms with van der Waals surface area (Å²) in [6.45, 7) is 16.1. The largest absolute Gasteiger partial charge is 0.508 e. The average Bonchev–Trinajstić information content (AvgIpc) is 3.34. The summed E-state index contributed by atoms with van der Waals surface area (Å²) in [7, 11) is 3.40. The number of hydrogen-bond donors (Lipinski definition) is 2. The SMILES string of the molecule is CC(C)C(CCC(C)(CCc1ccc(C=O)cc1)c1ccc(O)cc1)c1ccc(C=O)cc1.COc1ccc(C(C)C(C)(CCCC(C)(C)c2ccc(OC)cc2)c2ccc(O)cc2)cc1. The first-order valence-electron chi connectivity index (χ1n) is 23.5. The second-order valence-corrected chi connectivity index (χ2v) is 19.6. The van der Waals surface area contributed by atoms with Crippen LogP contribution in [0, 0.1) is 5.92 Å². The number of phenols is 2. The van der Waals surface area contributed by atoms with Crippen LogP contribution in [0.2, 0.25) is 0 Å². The molecule has 6 aromatic carbocycles. The lowest BCUT2D eigenvalue weighted by Gasteiger charge is -2.38. The van der Waals surface area contributed by atoms with E-state index in [2.05, 4.69) is 97.0 Å². The monoisotopic (exact) mass is 889 g/mol. The van der Waals surface area contributed by atoms with Gasteiger partial charge < -0.3 is 19.7 Å². The summed E-state index contributed by atoms with van der Waals surface area (Å²) in [5.41, 5.74) is 8.93. The molecule has 6 nitrogen and oxygen atoms in total. The lowest BCUT2D eigenvalue weighted by Crippen LogP contribution is -2.30. The number of carbonyl (C=O) groups excluding carboxylic acids is 2. The number of aldehydes is 2. The predicted octanol–water partition coefficient (Wildman–Crippen LogP) is 14.7. The standard InChI is InChI=1S/C30H38O3.C30H34O3/c1-22(23-8-16-27(32-5)17-9-23)30(4,25-10-14-26(31)15-11-25)21-7-20-29(2,3)24-12-18-28(33-6)19-13-24;1-22(2)29(26-10-8-25(21-32)9-11-26)17-19-30(3,27-12-14-28(33)15-13-27)18-16-23-4-6-24(20-31)7-5-23/h8-19,22,31H,7,20-21H2,1-6H3;4-15,20-22,29,33H,16-19H2,1-3H3. The zero-order chi connectivity index (χ0) is 47.9. The van der Waals surface area contributed by atoms with Crippen molar-refractivity contribution in [3.63, 3.8) is 0 Å². The molecule has 0 aliphatic rings. The highest BCUT2D eigenvalue weighted by atomic mass is 16.5. The molecule has 0 spiro atoms. The van der Waals surface area contributed by atoms with Crippen molar-refractivity contribution < 1.29 is 29.3 Å². The molecule has 0 saturated heterocycles. The average molecular weight is 889 g/mol. The van der Waals surface area contributed by atoms with Gasteiger partial charge in [-0.25, -0.2) is 0 Å². The Balaban J connectivity index is 0.000000247. The minimum absolute atomic E-state index is 0.0626. The van der Waals surface area contributed by atoms with Crippen molar-refractivity contribution in [2.75, 3.05) is 14.2 Å². The molecule has 6 heteroatoms. The Hall–Kier alpha value is -6.14. The van der Waals surface area contributed by atoms with Crippen molar-refractivity contribution in [3.8, 4) is 23.0 Å². The van der Waals surface area contributed by atoms with Crippen LogP contribution in [0.4, 0.5) is 0 Å². The Kier molecular flexibility index (Phi) is 18.0. The molecule has 348 valence electrons. The first kappa shape index (κ1) is 50.9. The van der Waals surface area contributed by atoms with Crippen LogP contribution in [0.5, 0.6) is 23.0 Å². The number of phenolic OH excluding ortho intramolecular Hbond substituents is 2. The molecule has 0 radical (unpaired) electrons. The molecule has 0 aromatic heterocycles. The number of aryl methyl sites for hydroxylation is 1. The maximum absolute atomic E-state index is 11.0. The van der Waals surface area contributed by atoms with Gasteiger partial charge in [0.2, 0.25) is 0 Å². The van der Waals surface area contributed by atoms with E-state index < -0.39 is 0 Å². The summed E-state index contributed by atoms with van der Waals surface area (Å²) in [6, 6.07) is 48.0. The fourth-order valence-corrected chi connectivity index (χ4v) is 9.44. The Bertz CT molecular complexity index is 2380. The number of aromatic hydroxyl groups is 2. The van der Waals surface area contributed by atoms with E-state index in [1.807, 2.05) is 72.8 Å². The predicted molar refractivity (Wildman–Crippen MR) is 271 cm³/mol. The van der Waals surface area contributed by atoms with Crippen LogP contribution in [0.25, 0.3) is 0 Å². The number of rotatable bonds is 21. The Labute approximate surface area is 395 Å². The molecule has 0 bridgehead atoms. The number of methoxy groups -OCH3 is 2. The third-order valence-electron chi connectivity index (χ3n) is 14.4. The Morgan fingerprint density at radius 2 is 0.970 bits per heavy atom. The zero-order valence-electron chi connectivity index (χ0n) is 40.7. The molecule has 0 heterocycles. The van der Waals surface area contributed by atoms with Crippen molar-refractivity contribution in [2.24, 2.45) is 5.92 Å². The highest BCUT2D eigenvalue weighted by Gasteiger charge is 2.35. The Morgan fingerprint density at radius 1 is 0.515 bits per heavy atom. The summed E-state index contributed by atoms with van der Waals surface area (Å²) in [5.74, 6) is 3.53. The van der Waals surface area contributed by atoms with E-state index in [0.29, 0.717) is 34.6 Å². The number of benzene rings is 6. The second-order valence-electron chi connectivity index (χ2n) is 19.6. The summed E-state index contributed by atoms with van der Waals surface area (Å²) >= 11 is 0. The van der Waals surface area contributed by atoms with Crippen LogP contribution in [0.3, 0.4) is 0 Å². The first-order chi connectivity index (χ1) is 31.5. The molecule has 4 unspecified atom stereocenters. The minimum atomic E-state index is -0.0712. The molecule has 0 aliphatic heterocycles. The highest BCUT2D eigenvalue weighted by molar-refractivity contribution is 5.75. The molecule has 0 saturated carbocycles. The topological polar surface area (TPSA) is 93.1 Å². The van der Waals surface area contributed by atoms with Gasteiger partial charge in [0.1, 0.15) is 35.6 Å². The first-order valence-corrected chi connectivity index (χ1v) is 23.5.